The molecule has 0 aliphatic heterocycles. The number of benzene rings is 2. The molecule has 2 aromatic carbocycles. The van der Waals surface area contributed by atoms with Gasteiger partial charge >= 0.3 is 0 Å². The SMILES string of the molecule is Cc1ccc([N+](=O)[O-])cc1S(=O)(=O)NCc1nc(-c2ccccc2)no1. The second kappa shape index (κ2) is 7.02. The standard InChI is InChI=1S/C16H14N4O5S/c1-11-7-8-13(20(21)22)9-14(11)26(23,24)17-10-15-18-16(19-25-15)12-5-3-2-4-6-12/h2-9,17H,10H2,1H3. The summed E-state index contributed by atoms with van der Waals surface area (Å²) >= 11 is 0. The maximum atomic E-state index is 12.5. The molecule has 1 aromatic heterocycles. The van der Waals surface area contributed by atoms with E-state index in [0.717, 1.165) is 11.6 Å². The van der Waals surface area contributed by atoms with Gasteiger partial charge in [-0.2, -0.15) is 4.98 Å². The highest BCUT2D eigenvalue weighted by Crippen LogP contribution is 2.22. The van der Waals surface area contributed by atoms with E-state index in [1.807, 2.05) is 18.2 Å². The van der Waals surface area contributed by atoms with E-state index in [1.165, 1.54) is 12.1 Å². The number of sulfonamides is 1. The number of aryl methyl sites for hydroxylation is 1. The van der Waals surface area contributed by atoms with Crippen molar-refractivity contribution >= 4 is 15.7 Å². The summed E-state index contributed by atoms with van der Waals surface area (Å²) in [6.45, 7) is 1.32. The number of nitro benzene ring substituents is 1. The molecule has 0 bridgehead atoms. The Labute approximate surface area is 148 Å². The third-order valence-corrected chi connectivity index (χ3v) is 5.13. The molecule has 134 valence electrons. The first-order chi connectivity index (χ1) is 12.4. The van der Waals surface area contributed by atoms with Gasteiger partial charge in [0.2, 0.25) is 21.7 Å². The molecule has 0 aliphatic rings. The predicted octanol–water partition coefficient (Wildman–Crippen LogP) is 2.43. The van der Waals surface area contributed by atoms with E-state index in [4.69, 9.17) is 4.52 Å². The molecule has 0 spiro atoms. The number of hydrogen-bond acceptors (Lipinski definition) is 7. The molecule has 0 unspecified atom stereocenters. The Kier molecular flexibility index (Phi) is 4.78. The summed E-state index contributed by atoms with van der Waals surface area (Å²) in [4.78, 5) is 14.2. The highest BCUT2D eigenvalue weighted by Gasteiger charge is 2.21. The Balaban J connectivity index is 1.78. The molecule has 3 aromatic rings. The molecule has 26 heavy (non-hydrogen) atoms. The summed E-state index contributed by atoms with van der Waals surface area (Å²) in [5, 5.41) is 14.7. The molecule has 0 aliphatic carbocycles. The van der Waals surface area contributed by atoms with Crippen LogP contribution in [-0.4, -0.2) is 23.5 Å². The van der Waals surface area contributed by atoms with Crippen LogP contribution in [0.2, 0.25) is 0 Å². The molecule has 0 fully saturated rings. The molecule has 0 saturated heterocycles. The second-order valence-corrected chi connectivity index (χ2v) is 7.14. The Hall–Kier alpha value is -3.11. The first-order valence-corrected chi connectivity index (χ1v) is 8.98. The van der Waals surface area contributed by atoms with Crippen molar-refractivity contribution in [3.63, 3.8) is 0 Å². The minimum absolute atomic E-state index is 0.0792. The zero-order valence-corrected chi connectivity index (χ0v) is 14.4. The van der Waals surface area contributed by atoms with Crippen LogP contribution >= 0.6 is 0 Å². The molecule has 0 atom stereocenters. The van der Waals surface area contributed by atoms with Crippen molar-refractivity contribution in [2.24, 2.45) is 0 Å². The minimum Gasteiger partial charge on any atom is -0.338 e. The van der Waals surface area contributed by atoms with Crippen molar-refractivity contribution in [2.75, 3.05) is 0 Å². The van der Waals surface area contributed by atoms with E-state index in [9.17, 15) is 18.5 Å². The third-order valence-electron chi connectivity index (χ3n) is 3.59. The molecule has 1 heterocycles. The predicted molar refractivity (Wildman–Crippen MR) is 91.6 cm³/mol. The Morgan fingerprint density at radius 1 is 1.19 bits per heavy atom. The summed E-state index contributed by atoms with van der Waals surface area (Å²) in [5.74, 6) is 0.418. The van der Waals surface area contributed by atoms with Crippen molar-refractivity contribution in [1.29, 1.82) is 0 Å². The van der Waals surface area contributed by atoms with Crippen molar-refractivity contribution in [3.05, 3.63) is 70.1 Å². The van der Waals surface area contributed by atoms with Gasteiger partial charge < -0.3 is 4.52 Å². The molecule has 0 amide bonds. The summed E-state index contributed by atoms with van der Waals surface area (Å²) < 4.78 is 32.3. The van der Waals surface area contributed by atoms with E-state index in [1.54, 1.807) is 19.1 Å². The fraction of sp³-hybridized carbons (Fsp3) is 0.125. The number of nitro groups is 1. The Morgan fingerprint density at radius 2 is 1.92 bits per heavy atom. The third kappa shape index (κ3) is 3.76. The second-order valence-electron chi connectivity index (χ2n) is 5.41. The van der Waals surface area contributed by atoms with Crippen LogP contribution in [0, 0.1) is 17.0 Å². The van der Waals surface area contributed by atoms with E-state index >= 15 is 0 Å². The fourth-order valence-electron chi connectivity index (χ4n) is 2.26. The van der Waals surface area contributed by atoms with E-state index in [-0.39, 0.29) is 23.0 Å². The van der Waals surface area contributed by atoms with Gasteiger partial charge in [0, 0.05) is 17.7 Å². The summed E-state index contributed by atoms with van der Waals surface area (Å²) in [5.41, 5.74) is 0.818. The molecular formula is C16H14N4O5S. The first-order valence-electron chi connectivity index (χ1n) is 7.49. The quantitative estimate of drug-likeness (QED) is 0.518. The zero-order chi connectivity index (χ0) is 18.7. The maximum Gasteiger partial charge on any atom is 0.270 e. The Bertz CT molecular complexity index is 1050. The van der Waals surface area contributed by atoms with Gasteiger partial charge in [-0.25, -0.2) is 13.1 Å². The van der Waals surface area contributed by atoms with Crippen LogP contribution in [0.3, 0.4) is 0 Å². The molecular weight excluding hydrogens is 360 g/mol. The molecule has 0 saturated carbocycles. The van der Waals surface area contributed by atoms with E-state index < -0.39 is 14.9 Å². The number of hydrogen-bond donors (Lipinski definition) is 1. The van der Waals surface area contributed by atoms with Crippen molar-refractivity contribution in [3.8, 4) is 11.4 Å². The number of aromatic nitrogens is 2. The van der Waals surface area contributed by atoms with Gasteiger partial charge in [0.15, 0.2) is 0 Å². The van der Waals surface area contributed by atoms with Crippen molar-refractivity contribution in [1.82, 2.24) is 14.9 Å². The molecule has 3 rings (SSSR count). The lowest BCUT2D eigenvalue weighted by Crippen LogP contribution is -2.24. The highest BCUT2D eigenvalue weighted by molar-refractivity contribution is 7.89. The summed E-state index contributed by atoms with van der Waals surface area (Å²) in [6.07, 6.45) is 0. The molecule has 1 N–H and O–H groups in total. The van der Waals surface area contributed by atoms with E-state index in [2.05, 4.69) is 14.9 Å². The fourth-order valence-corrected chi connectivity index (χ4v) is 3.49. The van der Waals surface area contributed by atoms with Crippen LogP contribution < -0.4 is 4.72 Å². The van der Waals surface area contributed by atoms with Crippen LogP contribution in [0.15, 0.2) is 57.9 Å². The molecule has 0 radical (unpaired) electrons. The van der Waals surface area contributed by atoms with E-state index in [0.29, 0.717) is 11.4 Å². The smallest absolute Gasteiger partial charge is 0.270 e. The number of rotatable bonds is 6. The lowest BCUT2D eigenvalue weighted by molar-refractivity contribution is -0.385. The number of nitrogens with zero attached hydrogens (tertiary/aromatic N) is 3. The Morgan fingerprint density at radius 3 is 2.62 bits per heavy atom. The molecule has 9 nitrogen and oxygen atoms in total. The van der Waals surface area contributed by atoms with Crippen LogP contribution in [-0.2, 0) is 16.6 Å². The van der Waals surface area contributed by atoms with Gasteiger partial charge in [-0.3, -0.25) is 10.1 Å². The first kappa shape index (κ1) is 17.7. The molecule has 10 heteroatoms. The minimum atomic E-state index is -3.98. The van der Waals surface area contributed by atoms with Gasteiger partial charge in [0.25, 0.3) is 5.69 Å². The van der Waals surface area contributed by atoms with Crippen LogP contribution in [0.1, 0.15) is 11.5 Å². The van der Waals surface area contributed by atoms with Crippen LogP contribution in [0.25, 0.3) is 11.4 Å². The number of non-ortho nitro benzene ring substituents is 1. The summed E-state index contributed by atoms with van der Waals surface area (Å²) in [7, 11) is -3.98. The van der Waals surface area contributed by atoms with Gasteiger partial charge in [0.05, 0.1) is 16.4 Å². The van der Waals surface area contributed by atoms with Gasteiger partial charge in [0.1, 0.15) is 0 Å². The average Bonchev–Trinajstić information content (AvgIpc) is 3.10. The summed E-state index contributed by atoms with van der Waals surface area (Å²) in [6, 6.07) is 12.7. The van der Waals surface area contributed by atoms with Gasteiger partial charge in [-0.05, 0) is 12.5 Å². The maximum absolute atomic E-state index is 12.5. The zero-order valence-electron chi connectivity index (χ0n) is 13.6. The van der Waals surface area contributed by atoms with Gasteiger partial charge in [-0.15, -0.1) is 0 Å². The lowest BCUT2D eigenvalue weighted by atomic mass is 10.2. The average molecular weight is 374 g/mol. The van der Waals surface area contributed by atoms with Crippen LogP contribution in [0.5, 0.6) is 0 Å². The normalized spacial score (nSPS) is 11.4. The lowest BCUT2D eigenvalue weighted by Gasteiger charge is -2.07. The number of nitrogens with one attached hydrogen (secondary N) is 1. The largest absolute Gasteiger partial charge is 0.338 e. The topological polar surface area (TPSA) is 128 Å². The highest BCUT2D eigenvalue weighted by atomic mass is 32.2. The van der Waals surface area contributed by atoms with Crippen molar-refractivity contribution in [2.45, 2.75) is 18.4 Å². The van der Waals surface area contributed by atoms with Crippen molar-refractivity contribution < 1.29 is 17.9 Å². The van der Waals surface area contributed by atoms with Gasteiger partial charge in [-0.1, -0.05) is 41.6 Å². The van der Waals surface area contributed by atoms with Crippen LogP contribution in [0.4, 0.5) is 5.69 Å². The monoisotopic (exact) mass is 374 g/mol.